The van der Waals surface area contributed by atoms with Crippen LogP contribution in [0.5, 0.6) is 0 Å². The van der Waals surface area contributed by atoms with Crippen LogP contribution in [0.15, 0.2) is 116 Å². The molecule has 4 aromatic carbocycles. The Bertz CT molecular complexity index is 2500. The SMILES string of the molecule is Cc1cc(C)cc(N2c3nccnc3N3c4ccccc4C(C)(CC4=CC5N(c6ccccc6)c6nccnc6N5c5cc(C)cc(C)c54)C(C)(C)C23)c1. The number of aromatic nitrogens is 4. The van der Waals surface area contributed by atoms with Crippen LogP contribution in [-0.4, -0.2) is 32.3 Å². The van der Waals surface area contributed by atoms with Crippen molar-refractivity contribution in [1.29, 1.82) is 0 Å². The molecule has 4 aliphatic heterocycles. The molecule has 8 heteroatoms. The summed E-state index contributed by atoms with van der Waals surface area (Å²) < 4.78 is 0. The van der Waals surface area contributed by atoms with Gasteiger partial charge in [-0.15, -0.1) is 0 Å². The summed E-state index contributed by atoms with van der Waals surface area (Å²) in [5, 5.41) is 0. The Labute approximate surface area is 317 Å². The lowest BCUT2D eigenvalue weighted by atomic mass is 9.55. The Balaban J connectivity index is 1.19. The first-order valence-electron chi connectivity index (χ1n) is 18.9. The highest BCUT2D eigenvalue weighted by atomic mass is 15.5. The first-order chi connectivity index (χ1) is 26.1. The van der Waals surface area contributed by atoms with Gasteiger partial charge < -0.3 is 9.80 Å². The van der Waals surface area contributed by atoms with E-state index in [1.54, 1.807) is 6.20 Å². The average Bonchev–Trinajstić information content (AvgIpc) is 3.68. The lowest BCUT2D eigenvalue weighted by molar-refractivity contribution is 0.133. The Hall–Kier alpha value is -6.02. The summed E-state index contributed by atoms with van der Waals surface area (Å²) in [6.45, 7) is 16.2. The molecule has 54 heavy (non-hydrogen) atoms. The number of para-hydroxylation sites is 2. The summed E-state index contributed by atoms with van der Waals surface area (Å²) in [6, 6.07) is 31.1. The van der Waals surface area contributed by atoms with Crippen LogP contribution in [0.1, 0.15) is 60.6 Å². The second kappa shape index (κ2) is 11.5. The van der Waals surface area contributed by atoms with E-state index in [1.807, 2.05) is 18.6 Å². The number of fused-ring (bicyclic) bond motifs is 10. The molecule has 10 rings (SSSR count). The van der Waals surface area contributed by atoms with Gasteiger partial charge in [0.1, 0.15) is 12.3 Å². The lowest BCUT2D eigenvalue weighted by Gasteiger charge is -2.58. The van der Waals surface area contributed by atoms with E-state index >= 15 is 0 Å². The molecule has 0 aliphatic carbocycles. The van der Waals surface area contributed by atoms with E-state index < -0.39 is 0 Å². The molecule has 0 spiro atoms. The highest BCUT2D eigenvalue weighted by molar-refractivity contribution is 5.95. The number of anilines is 8. The molecule has 0 N–H and O–H groups in total. The van der Waals surface area contributed by atoms with Gasteiger partial charge in [-0.1, -0.05) is 69.3 Å². The fourth-order valence-electron chi connectivity index (χ4n) is 10.0. The fraction of sp³-hybridized carbons (Fsp3) is 0.261. The third-order valence-electron chi connectivity index (χ3n) is 12.5. The van der Waals surface area contributed by atoms with Gasteiger partial charge in [0.25, 0.3) is 0 Å². The maximum absolute atomic E-state index is 5.03. The predicted molar refractivity (Wildman–Crippen MR) is 219 cm³/mol. The molecule has 6 heterocycles. The van der Waals surface area contributed by atoms with Crippen LogP contribution in [0.4, 0.5) is 46.0 Å². The van der Waals surface area contributed by atoms with Gasteiger partial charge in [-0.05, 0) is 110 Å². The summed E-state index contributed by atoms with van der Waals surface area (Å²) in [6.07, 6.45) is 10.4. The second-order valence-electron chi connectivity index (χ2n) is 16.3. The third kappa shape index (κ3) is 4.43. The van der Waals surface area contributed by atoms with Crippen LogP contribution >= 0.6 is 0 Å². The summed E-state index contributed by atoms with van der Waals surface area (Å²) >= 11 is 0. The molecule has 268 valence electrons. The molecule has 0 bridgehead atoms. The highest BCUT2D eigenvalue weighted by Crippen LogP contribution is 2.64. The minimum absolute atomic E-state index is 0.0831. The zero-order valence-electron chi connectivity index (χ0n) is 31.9. The van der Waals surface area contributed by atoms with Crippen molar-refractivity contribution in [2.75, 3.05) is 19.6 Å². The molecule has 4 aliphatic rings. The minimum atomic E-state index is -0.327. The van der Waals surface area contributed by atoms with Gasteiger partial charge in [0.05, 0.1) is 5.69 Å². The number of nitrogens with zero attached hydrogens (tertiary/aromatic N) is 8. The fourth-order valence-corrected chi connectivity index (χ4v) is 10.0. The van der Waals surface area contributed by atoms with E-state index in [-0.39, 0.29) is 23.2 Å². The lowest BCUT2D eigenvalue weighted by Crippen LogP contribution is -2.61. The Morgan fingerprint density at radius 3 is 1.81 bits per heavy atom. The van der Waals surface area contributed by atoms with Crippen molar-refractivity contribution in [1.82, 2.24) is 19.9 Å². The molecular weight excluding hydrogens is 665 g/mol. The first-order valence-corrected chi connectivity index (χ1v) is 18.9. The van der Waals surface area contributed by atoms with Crippen LogP contribution in [0.2, 0.25) is 0 Å². The van der Waals surface area contributed by atoms with E-state index in [4.69, 9.17) is 19.9 Å². The summed E-state index contributed by atoms with van der Waals surface area (Å²) in [4.78, 5) is 29.6. The van der Waals surface area contributed by atoms with E-state index in [2.05, 4.69) is 159 Å². The van der Waals surface area contributed by atoms with Gasteiger partial charge in [-0.25, -0.2) is 19.9 Å². The van der Waals surface area contributed by atoms with Gasteiger partial charge in [0.2, 0.25) is 0 Å². The Kier molecular flexibility index (Phi) is 6.94. The third-order valence-corrected chi connectivity index (χ3v) is 12.5. The number of hydrogen-bond donors (Lipinski definition) is 0. The van der Waals surface area contributed by atoms with Crippen LogP contribution < -0.4 is 19.6 Å². The number of aryl methyl sites for hydroxylation is 4. The molecule has 8 nitrogen and oxygen atoms in total. The Morgan fingerprint density at radius 2 is 1.13 bits per heavy atom. The maximum atomic E-state index is 5.03. The van der Waals surface area contributed by atoms with Crippen LogP contribution in [0.25, 0.3) is 5.57 Å². The van der Waals surface area contributed by atoms with Gasteiger partial charge in [-0.3, -0.25) is 9.80 Å². The highest BCUT2D eigenvalue weighted by Gasteiger charge is 2.61. The monoisotopic (exact) mass is 708 g/mol. The number of hydrogen-bond acceptors (Lipinski definition) is 8. The Morgan fingerprint density at radius 1 is 0.556 bits per heavy atom. The predicted octanol–water partition coefficient (Wildman–Crippen LogP) is 10.5. The van der Waals surface area contributed by atoms with Crippen molar-refractivity contribution < 1.29 is 0 Å². The topological polar surface area (TPSA) is 64.5 Å². The summed E-state index contributed by atoms with van der Waals surface area (Å²) in [5.74, 6) is 3.54. The summed E-state index contributed by atoms with van der Waals surface area (Å²) in [7, 11) is 0. The molecule has 0 radical (unpaired) electrons. The minimum Gasteiger partial charge on any atom is -0.301 e. The van der Waals surface area contributed by atoms with E-state index in [0.717, 1.165) is 41.1 Å². The zero-order chi connectivity index (χ0) is 37.1. The van der Waals surface area contributed by atoms with Gasteiger partial charge in [0.15, 0.2) is 23.3 Å². The zero-order valence-corrected chi connectivity index (χ0v) is 31.9. The van der Waals surface area contributed by atoms with Crippen LogP contribution in [0, 0.1) is 33.1 Å². The van der Waals surface area contributed by atoms with Crippen molar-refractivity contribution in [3.63, 3.8) is 0 Å². The van der Waals surface area contributed by atoms with Gasteiger partial charge in [0, 0.05) is 58.2 Å². The number of rotatable bonds is 4. The van der Waals surface area contributed by atoms with Gasteiger partial charge in [-0.2, -0.15) is 0 Å². The first kappa shape index (κ1) is 32.6. The van der Waals surface area contributed by atoms with Crippen LogP contribution in [-0.2, 0) is 5.41 Å². The molecule has 2 aromatic heterocycles. The molecule has 0 saturated carbocycles. The average molecular weight is 709 g/mol. The van der Waals surface area contributed by atoms with Crippen molar-refractivity contribution >= 4 is 51.6 Å². The molecule has 0 saturated heterocycles. The van der Waals surface area contributed by atoms with E-state index in [1.165, 1.54) is 50.3 Å². The molecule has 0 fully saturated rings. The molecule has 6 aromatic rings. The molecular formula is C46H44N8. The maximum Gasteiger partial charge on any atom is 0.178 e. The largest absolute Gasteiger partial charge is 0.301 e. The summed E-state index contributed by atoms with van der Waals surface area (Å²) in [5.41, 5.74) is 12.8. The normalized spacial score (nSPS) is 21.5. The molecule has 3 atom stereocenters. The van der Waals surface area contributed by atoms with E-state index in [9.17, 15) is 0 Å². The molecule has 3 unspecified atom stereocenters. The van der Waals surface area contributed by atoms with Crippen molar-refractivity contribution in [2.24, 2.45) is 5.41 Å². The van der Waals surface area contributed by atoms with E-state index in [0.29, 0.717) is 0 Å². The number of benzene rings is 4. The van der Waals surface area contributed by atoms with Crippen molar-refractivity contribution in [2.45, 2.75) is 72.6 Å². The number of allylic oxidation sites excluding steroid dienone is 1. The van der Waals surface area contributed by atoms with Crippen molar-refractivity contribution in [3.8, 4) is 0 Å². The van der Waals surface area contributed by atoms with Gasteiger partial charge >= 0.3 is 0 Å². The van der Waals surface area contributed by atoms with Crippen LogP contribution in [0.3, 0.4) is 0 Å². The quantitative estimate of drug-likeness (QED) is 0.179. The van der Waals surface area contributed by atoms with Crippen molar-refractivity contribution in [3.05, 3.63) is 149 Å². The molecule has 0 amide bonds. The smallest absolute Gasteiger partial charge is 0.178 e. The second-order valence-corrected chi connectivity index (χ2v) is 16.3. The standard InChI is InChI=1S/C46H44N8/c1-28-21-29(2)24-34(23-28)52-41-43(50-20-18-48-41)54-36-16-12-11-15-35(36)46(7,45(5,6)44(52)54)27-32-26-38-51(33-13-9-8-10-14-33)40-42(49-19-17-47-40)53(38)37-25-30(3)22-31(4)39(32)37/h8-26,38,44H,27H2,1-7H3.